The molecule has 2 aliphatic rings. The number of hydrogen-bond donors (Lipinski definition) is 1. The highest BCUT2D eigenvalue weighted by atomic mass is 32.2. The van der Waals surface area contributed by atoms with Crippen molar-refractivity contribution in [3.05, 3.63) is 23.3 Å². The Kier molecular flexibility index (Phi) is 4.10. The van der Waals surface area contributed by atoms with Crippen molar-refractivity contribution in [3.63, 3.8) is 0 Å². The molecule has 0 aromatic heterocycles. The molecule has 0 aliphatic carbocycles. The van der Waals surface area contributed by atoms with Crippen molar-refractivity contribution in [2.24, 2.45) is 0 Å². The second kappa shape index (κ2) is 5.84. The van der Waals surface area contributed by atoms with Crippen molar-refractivity contribution < 1.29 is 9.47 Å². The van der Waals surface area contributed by atoms with E-state index in [0.29, 0.717) is 24.7 Å². The monoisotopic (exact) mass is 294 g/mol. The average molecular weight is 294 g/mol. The minimum absolute atomic E-state index is 0.339. The van der Waals surface area contributed by atoms with E-state index in [1.165, 1.54) is 11.3 Å². The molecule has 20 heavy (non-hydrogen) atoms. The summed E-state index contributed by atoms with van der Waals surface area (Å²) < 4.78 is 11.0. The van der Waals surface area contributed by atoms with Crippen LogP contribution >= 0.6 is 11.8 Å². The fourth-order valence-electron chi connectivity index (χ4n) is 2.88. The Labute approximate surface area is 124 Å². The van der Waals surface area contributed by atoms with Crippen LogP contribution in [0.15, 0.2) is 12.1 Å². The molecule has 5 heteroatoms. The van der Waals surface area contributed by atoms with Crippen molar-refractivity contribution in [1.82, 2.24) is 4.90 Å². The quantitative estimate of drug-likeness (QED) is 0.849. The second-order valence-corrected chi connectivity index (χ2v) is 7.05. The van der Waals surface area contributed by atoms with Crippen molar-refractivity contribution >= 4 is 17.4 Å². The van der Waals surface area contributed by atoms with Gasteiger partial charge in [-0.2, -0.15) is 11.8 Å². The van der Waals surface area contributed by atoms with Crippen LogP contribution in [0.2, 0.25) is 0 Å². The van der Waals surface area contributed by atoms with Gasteiger partial charge in [0.1, 0.15) is 5.75 Å². The maximum Gasteiger partial charge on any atom is 0.189 e. The SMILES string of the molecule is CC1SCCN(Cc2cc(N)cc3c2OCOC3)C1C. The minimum atomic E-state index is 0.339. The van der Waals surface area contributed by atoms with Crippen LogP contribution in [0.5, 0.6) is 5.75 Å². The third-order valence-electron chi connectivity index (χ3n) is 4.20. The van der Waals surface area contributed by atoms with E-state index in [0.717, 1.165) is 30.1 Å². The third-order valence-corrected chi connectivity index (χ3v) is 5.54. The molecular weight excluding hydrogens is 272 g/mol. The van der Waals surface area contributed by atoms with Crippen LogP contribution in [0, 0.1) is 0 Å². The third kappa shape index (κ3) is 2.75. The van der Waals surface area contributed by atoms with Gasteiger partial charge < -0.3 is 15.2 Å². The lowest BCUT2D eigenvalue weighted by atomic mass is 10.1. The smallest absolute Gasteiger partial charge is 0.189 e. The summed E-state index contributed by atoms with van der Waals surface area (Å²) in [5.74, 6) is 2.17. The summed E-state index contributed by atoms with van der Waals surface area (Å²) in [4.78, 5) is 2.52. The summed E-state index contributed by atoms with van der Waals surface area (Å²) in [6.07, 6.45) is 0. The van der Waals surface area contributed by atoms with Crippen molar-refractivity contribution in [2.45, 2.75) is 38.3 Å². The van der Waals surface area contributed by atoms with Crippen LogP contribution in [0.25, 0.3) is 0 Å². The van der Waals surface area contributed by atoms with Gasteiger partial charge in [0.05, 0.1) is 6.61 Å². The van der Waals surface area contributed by atoms with Crippen LogP contribution in [0.1, 0.15) is 25.0 Å². The molecule has 3 rings (SSSR count). The van der Waals surface area contributed by atoms with Crippen LogP contribution in [-0.2, 0) is 17.9 Å². The molecule has 0 saturated carbocycles. The van der Waals surface area contributed by atoms with E-state index >= 15 is 0 Å². The van der Waals surface area contributed by atoms with Crippen LogP contribution in [0.4, 0.5) is 5.69 Å². The van der Waals surface area contributed by atoms with E-state index in [1.54, 1.807) is 0 Å². The lowest BCUT2D eigenvalue weighted by Crippen LogP contribution is -2.44. The van der Waals surface area contributed by atoms with Gasteiger partial charge in [0.15, 0.2) is 6.79 Å². The van der Waals surface area contributed by atoms with Gasteiger partial charge in [0.25, 0.3) is 0 Å². The molecule has 4 nitrogen and oxygen atoms in total. The Hall–Kier alpha value is -0.910. The van der Waals surface area contributed by atoms with Crippen molar-refractivity contribution in [1.29, 1.82) is 0 Å². The molecule has 1 fully saturated rings. The summed E-state index contributed by atoms with van der Waals surface area (Å²) in [5.41, 5.74) is 9.06. The maximum absolute atomic E-state index is 6.02. The standard InChI is InChI=1S/C15H22N2O2S/c1-10-11(2)20-4-3-17(10)7-12-5-14(16)6-13-8-18-9-19-15(12)13/h5-6,10-11H,3-4,7-9,16H2,1-2H3. The number of thioether (sulfide) groups is 1. The number of nitrogens with two attached hydrogens (primary N) is 1. The van der Waals surface area contributed by atoms with Gasteiger partial charge >= 0.3 is 0 Å². The molecular formula is C15H22N2O2S. The van der Waals surface area contributed by atoms with Gasteiger partial charge in [-0.1, -0.05) is 6.92 Å². The summed E-state index contributed by atoms with van der Waals surface area (Å²) in [5, 5.41) is 0.671. The molecule has 2 atom stereocenters. The van der Waals surface area contributed by atoms with Crippen molar-refractivity contribution in [2.75, 3.05) is 24.8 Å². The number of fused-ring (bicyclic) bond motifs is 1. The average Bonchev–Trinajstić information content (AvgIpc) is 2.43. The van der Waals surface area contributed by atoms with Gasteiger partial charge in [0, 0.05) is 46.9 Å². The molecule has 1 aromatic rings. The van der Waals surface area contributed by atoms with Gasteiger partial charge in [-0.25, -0.2) is 0 Å². The number of rotatable bonds is 2. The Morgan fingerprint density at radius 2 is 2.25 bits per heavy atom. The van der Waals surface area contributed by atoms with Gasteiger partial charge in [-0.3, -0.25) is 4.90 Å². The first-order chi connectivity index (χ1) is 9.65. The zero-order valence-electron chi connectivity index (χ0n) is 12.1. The van der Waals surface area contributed by atoms with Crippen molar-refractivity contribution in [3.8, 4) is 5.75 Å². The Morgan fingerprint density at radius 1 is 1.40 bits per heavy atom. The molecule has 0 bridgehead atoms. The molecule has 2 unspecified atom stereocenters. The number of nitrogens with zero attached hydrogens (tertiary/aromatic N) is 1. The molecule has 0 radical (unpaired) electrons. The van der Waals surface area contributed by atoms with Gasteiger partial charge in [-0.15, -0.1) is 0 Å². The maximum atomic E-state index is 6.02. The molecule has 0 amide bonds. The zero-order valence-corrected chi connectivity index (χ0v) is 12.9. The molecule has 2 heterocycles. The van der Waals surface area contributed by atoms with Crippen LogP contribution in [-0.4, -0.2) is 35.3 Å². The lowest BCUT2D eigenvalue weighted by molar-refractivity contribution is -0.0175. The number of benzene rings is 1. The summed E-state index contributed by atoms with van der Waals surface area (Å²) in [6.45, 7) is 7.57. The topological polar surface area (TPSA) is 47.7 Å². The summed E-state index contributed by atoms with van der Waals surface area (Å²) in [6, 6.07) is 4.57. The first kappa shape index (κ1) is 14.0. The van der Waals surface area contributed by atoms with Crippen LogP contribution in [0.3, 0.4) is 0 Å². The fraction of sp³-hybridized carbons (Fsp3) is 0.600. The van der Waals surface area contributed by atoms with E-state index in [4.69, 9.17) is 15.2 Å². The first-order valence-corrected chi connectivity index (χ1v) is 8.17. The number of ether oxygens (including phenoxy) is 2. The Balaban J connectivity index is 1.85. The second-order valence-electron chi connectivity index (χ2n) is 5.57. The highest BCUT2D eigenvalue weighted by Crippen LogP contribution is 2.33. The predicted molar refractivity (Wildman–Crippen MR) is 82.9 cm³/mol. The Morgan fingerprint density at radius 3 is 3.10 bits per heavy atom. The van der Waals surface area contributed by atoms with E-state index < -0.39 is 0 Å². The number of anilines is 1. The number of nitrogen functional groups attached to an aromatic ring is 1. The normalized spacial score (nSPS) is 26.9. The molecule has 1 aromatic carbocycles. The van der Waals surface area contributed by atoms with E-state index in [9.17, 15) is 0 Å². The van der Waals surface area contributed by atoms with E-state index in [2.05, 4.69) is 30.5 Å². The summed E-state index contributed by atoms with van der Waals surface area (Å²) >= 11 is 2.05. The van der Waals surface area contributed by atoms with E-state index in [1.807, 2.05) is 12.1 Å². The molecule has 0 spiro atoms. The van der Waals surface area contributed by atoms with Gasteiger partial charge in [0.2, 0.25) is 0 Å². The number of hydrogen-bond acceptors (Lipinski definition) is 5. The predicted octanol–water partition coefficient (Wildman–Crippen LogP) is 2.46. The molecule has 2 N–H and O–H groups in total. The molecule has 2 aliphatic heterocycles. The summed E-state index contributed by atoms with van der Waals surface area (Å²) in [7, 11) is 0. The Bertz CT molecular complexity index is 495. The largest absolute Gasteiger partial charge is 0.467 e. The van der Waals surface area contributed by atoms with E-state index in [-0.39, 0.29) is 0 Å². The lowest BCUT2D eigenvalue weighted by Gasteiger charge is -2.38. The highest BCUT2D eigenvalue weighted by molar-refractivity contribution is 8.00. The molecule has 1 saturated heterocycles. The first-order valence-electron chi connectivity index (χ1n) is 7.12. The molecule has 110 valence electrons. The minimum Gasteiger partial charge on any atom is -0.467 e. The highest BCUT2D eigenvalue weighted by Gasteiger charge is 2.27. The van der Waals surface area contributed by atoms with Crippen LogP contribution < -0.4 is 10.5 Å². The van der Waals surface area contributed by atoms with Gasteiger partial charge in [-0.05, 0) is 19.1 Å². The zero-order chi connectivity index (χ0) is 14.1. The fourth-order valence-corrected chi connectivity index (χ4v) is 4.04.